The summed E-state index contributed by atoms with van der Waals surface area (Å²) in [6.45, 7) is 0.300. The molecule has 3 rings (SSSR count). The number of nitro benzene ring substituents is 1. The summed E-state index contributed by atoms with van der Waals surface area (Å²) in [5.74, 6) is -0.110. The van der Waals surface area contributed by atoms with Crippen molar-refractivity contribution < 1.29 is 14.5 Å². The zero-order chi connectivity index (χ0) is 23.1. The summed E-state index contributed by atoms with van der Waals surface area (Å²) in [6.07, 6.45) is 1.40. The zero-order valence-electron chi connectivity index (χ0n) is 16.4. The first-order chi connectivity index (χ1) is 15.4. The average Bonchev–Trinajstić information content (AvgIpc) is 2.78. The van der Waals surface area contributed by atoms with Crippen LogP contribution in [0.1, 0.15) is 11.1 Å². The lowest BCUT2D eigenvalue weighted by Gasteiger charge is -2.08. The number of nitrogens with zero attached hydrogens (tertiary/aromatic N) is 2. The number of benzene rings is 3. The first-order valence-electron chi connectivity index (χ1n) is 9.20. The Labute approximate surface area is 193 Å². The fourth-order valence-corrected chi connectivity index (χ4v) is 3.06. The van der Waals surface area contributed by atoms with Crippen molar-refractivity contribution >= 4 is 46.6 Å². The van der Waals surface area contributed by atoms with E-state index in [-0.39, 0.29) is 22.0 Å². The van der Waals surface area contributed by atoms with E-state index in [0.29, 0.717) is 22.9 Å². The zero-order valence-corrected chi connectivity index (χ0v) is 17.9. The second-order valence-electron chi connectivity index (χ2n) is 6.50. The van der Waals surface area contributed by atoms with Crippen LogP contribution in [0.3, 0.4) is 0 Å². The monoisotopic (exact) mass is 467 g/mol. The van der Waals surface area contributed by atoms with Gasteiger partial charge in [-0.05, 0) is 42.0 Å². The van der Waals surface area contributed by atoms with Gasteiger partial charge in [-0.1, -0.05) is 53.5 Å². The van der Waals surface area contributed by atoms with E-state index in [1.54, 1.807) is 30.3 Å². The van der Waals surface area contributed by atoms with Gasteiger partial charge in [0, 0.05) is 22.3 Å². The molecule has 0 aliphatic heterocycles. The van der Waals surface area contributed by atoms with Crippen molar-refractivity contribution in [2.45, 2.75) is 6.61 Å². The summed E-state index contributed by atoms with van der Waals surface area (Å²) >= 11 is 11.9. The summed E-state index contributed by atoms with van der Waals surface area (Å²) in [6, 6.07) is 19.8. The van der Waals surface area contributed by atoms with Gasteiger partial charge in [0.2, 0.25) is 0 Å². The van der Waals surface area contributed by atoms with Gasteiger partial charge in [-0.25, -0.2) is 0 Å². The topological polar surface area (TPSA) is 105 Å². The fraction of sp³-hybridized carbons (Fsp3) is 0.0435. The van der Waals surface area contributed by atoms with E-state index >= 15 is 0 Å². The van der Waals surface area contributed by atoms with Crippen molar-refractivity contribution in [1.29, 1.82) is 5.26 Å². The Balaban J connectivity index is 1.68. The Morgan fingerprint density at radius 1 is 1.09 bits per heavy atom. The van der Waals surface area contributed by atoms with Crippen LogP contribution in [0.5, 0.6) is 5.75 Å². The second kappa shape index (κ2) is 10.4. The molecular formula is C23H15Cl2N3O4. The first-order valence-corrected chi connectivity index (χ1v) is 9.96. The van der Waals surface area contributed by atoms with E-state index in [2.05, 4.69) is 5.32 Å². The molecule has 9 heteroatoms. The summed E-state index contributed by atoms with van der Waals surface area (Å²) < 4.78 is 5.71. The van der Waals surface area contributed by atoms with Crippen LogP contribution < -0.4 is 10.1 Å². The first kappa shape index (κ1) is 22.8. The van der Waals surface area contributed by atoms with Crippen LogP contribution in [-0.4, -0.2) is 10.8 Å². The van der Waals surface area contributed by atoms with Crippen molar-refractivity contribution in [2.75, 3.05) is 5.32 Å². The molecule has 0 spiro atoms. The van der Waals surface area contributed by atoms with E-state index < -0.39 is 10.8 Å². The van der Waals surface area contributed by atoms with Crippen LogP contribution in [0.15, 0.2) is 72.3 Å². The minimum absolute atomic E-state index is 0.0547. The molecule has 0 saturated heterocycles. The highest BCUT2D eigenvalue weighted by Crippen LogP contribution is 2.27. The van der Waals surface area contributed by atoms with Crippen LogP contribution in [0.2, 0.25) is 10.0 Å². The minimum Gasteiger partial charge on any atom is -0.489 e. The third-order valence-corrected chi connectivity index (χ3v) is 5.00. The Bertz CT molecular complexity index is 1230. The van der Waals surface area contributed by atoms with Crippen LogP contribution in [0, 0.1) is 21.4 Å². The lowest BCUT2D eigenvalue weighted by atomic mass is 10.1. The van der Waals surface area contributed by atoms with E-state index in [9.17, 15) is 20.2 Å². The van der Waals surface area contributed by atoms with Crippen LogP contribution >= 0.6 is 23.2 Å². The third kappa shape index (κ3) is 5.85. The highest BCUT2D eigenvalue weighted by Gasteiger charge is 2.15. The van der Waals surface area contributed by atoms with Crippen molar-refractivity contribution in [1.82, 2.24) is 0 Å². The Morgan fingerprint density at radius 2 is 1.81 bits per heavy atom. The van der Waals surface area contributed by atoms with Gasteiger partial charge in [-0.15, -0.1) is 0 Å². The van der Waals surface area contributed by atoms with Gasteiger partial charge in [0.25, 0.3) is 11.6 Å². The Hall–Kier alpha value is -3.86. The summed E-state index contributed by atoms with van der Waals surface area (Å²) in [4.78, 5) is 22.8. The standard InChI is InChI=1S/C23H15Cl2N3O4/c24-20-4-2-1-3-16(20)14-32-19-8-5-15(6-9-19)11-17(13-26)23(29)27-18-7-10-21(25)22(12-18)28(30)31/h1-12H,14H2,(H,27,29)/b17-11+. The summed E-state index contributed by atoms with van der Waals surface area (Å²) in [5.41, 5.74) is 1.08. The number of amides is 1. The smallest absolute Gasteiger partial charge is 0.289 e. The van der Waals surface area contributed by atoms with Crippen molar-refractivity contribution in [3.05, 3.63) is 104 Å². The summed E-state index contributed by atoms with van der Waals surface area (Å²) in [7, 11) is 0. The molecule has 0 unspecified atom stereocenters. The Kier molecular flexibility index (Phi) is 7.45. The lowest BCUT2D eigenvalue weighted by molar-refractivity contribution is -0.384. The molecule has 3 aromatic carbocycles. The number of nitro groups is 1. The number of anilines is 1. The number of carbonyl (C=O) groups excluding carboxylic acids is 1. The van der Waals surface area contributed by atoms with E-state index in [1.165, 1.54) is 18.2 Å². The normalized spacial score (nSPS) is 10.8. The van der Waals surface area contributed by atoms with Gasteiger partial charge in [0.1, 0.15) is 29.0 Å². The van der Waals surface area contributed by atoms with Gasteiger partial charge >= 0.3 is 0 Å². The predicted molar refractivity (Wildman–Crippen MR) is 123 cm³/mol. The number of halogens is 2. The number of ether oxygens (including phenoxy) is 1. The average molecular weight is 468 g/mol. The van der Waals surface area contributed by atoms with Gasteiger partial charge in [-0.3, -0.25) is 14.9 Å². The van der Waals surface area contributed by atoms with Crippen LogP contribution in [-0.2, 0) is 11.4 Å². The number of nitrogens with one attached hydrogen (secondary N) is 1. The van der Waals surface area contributed by atoms with Crippen molar-refractivity contribution in [3.63, 3.8) is 0 Å². The highest BCUT2D eigenvalue weighted by atomic mass is 35.5. The molecule has 1 amide bonds. The predicted octanol–water partition coefficient (Wildman–Crippen LogP) is 6.03. The minimum atomic E-state index is -0.705. The van der Waals surface area contributed by atoms with Crippen molar-refractivity contribution in [3.8, 4) is 11.8 Å². The van der Waals surface area contributed by atoms with E-state index in [1.807, 2.05) is 24.3 Å². The fourth-order valence-electron chi connectivity index (χ4n) is 2.68. The van der Waals surface area contributed by atoms with Crippen LogP contribution in [0.4, 0.5) is 11.4 Å². The van der Waals surface area contributed by atoms with E-state index in [4.69, 9.17) is 27.9 Å². The third-order valence-electron chi connectivity index (χ3n) is 4.31. The molecule has 32 heavy (non-hydrogen) atoms. The molecule has 0 fully saturated rings. The lowest BCUT2D eigenvalue weighted by Crippen LogP contribution is -2.13. The molecular weight excluding hydrogens is 453 g/mol. The van der Waals surface area contributed by atoms with E-state index in [0.717, 1.165) is 11.6 Å². The molecule has 0 radical (unpaired) electrons. The van der Waals surface area contributed by atoms with Gasteiger partial charge in [0.05, 0.1) is 4.92 Å². The number of carbonyl (C=O) groups is 1. The summed E-state index contributed by atoms with van der Waals surface area (Å²) in [5, 5.41) is 23.4. The number of rotatable bonds is 7. The molecule has 0 heterocycles. The number of hydrogen-bond acceptors (Lipinski definition) is 5. The Morgan fingerprint density at radius 3 is 2.47 bits per heavy atom. The molecule has 7 nitrogen and oxygen atoms in total. The maximum Gasteiger partial charge on any atom is 0.289 e. The van der Waals surface area contributed by atoms with Gasteiger partial charge in [0.15, 0.2) is 0 Å². The molecule has 0 bridgehead atoms. The largest absolute Gasteiger partial charge is 0.489 e. The number of hydrogen-bond donors (Lipinski definition) is 1. The van der Waals surface area contributed by atoms with Crippen molar-refractivity contribution in [2.24, 2.45) is 0 Å². The molecule has 3 aromatic rings. The molecule has 1 N–H and O–H groups in total. The quantitative estimate of drug-likeness (QED) is 0.197. The highest BCUT2D eigenvalue weighted by molar-refractivity contribution is 6.32. The maximum atomic E-state index is 12.4. The number of nitriles is 1. The van der Waals surface area contributed by atoms with Gasteiger partial charge < -0.3 is 10.1 Å². The molecule has 0 saturated carbocycles. The molecule has 160 valence electrons. The molecule has 0 atom stereocenters. The van der Waals surface area contributed by atoms with Crippen LogP contribution in [0.25, 0.3) is 6.08 Å². The molecule has 0 aromatic heterocycles. The molecule has 0 aliphatic carbocycles. The second-order valence-corrected chi connectivity index (χ2v) is 7.31. The SMILES string of the molecule is N#C/C(=C\c1ccc(OCc2ccccc2Cl)cc1)C(=O)Nc1ccc(Cl)c([N+](=O)[O-])c1. The molecule has 0 aliphatic rings. The maximum absolute atomic E-state index is 12.4. The van der Waals surface area contributed by atoms with Gasteiger partial charge in [-0.2, -0.15) is 5.26 Å².